The van der Waals surface area contributed by atoms with Crippen molar-refractivity contribution in [3.63, 3.8) is 0 Å². The van der Waals surface area contributed by atoms with E-state index in [1.54, 1.807) is 0 Å². The molecule has 4 heteroatoms. The Balaban J connectivity index is 1.74. The Morgan fingerprint density at radius 1 is 1.32 bits per heavy atom. The van der Waals surface area contributed by atoms with Crippen LogP contribution in [0, 0.1) is 5.92 Å². The average molecular weight is 271 g/mol. The van der Waals surface area contributed by atoms with Gasteiger partial charge in [-0.25, -0.2) is 0 Å². The maximum atomic E-state index is 10.4. The third-order valence-electron chi connectivity index (χ3n) is 4.98. The van der Waals surface area contributed by atoms with E-state index in [1.165, 1.54) is 0 Å². The van der Waals surface area contributed by atoms with Crippen molar-refractivity contribution in [2.45, 2.75) is 70.3 Å². The van der Waals surface area contributed by atoms with E-state index in [2.05, 4.69) is 19.2 Å². The van der Waals surface area contributed by atoms with Crippen molar-refractivity contribution in [2.75, 3.05) is 19.8 Å². The van der Waals surface area contributed by atoms with Gasteiger partial charge in [0, 0.05) is 25.4 Å². The lowest BCUT2D eigenvalue weighted by Gasteiger charge is -2.38. The number of hydrogen-bond donors (Lipinski definition) is 2. The fraction of sp³-hybridized carbons (Fsp3) is 1.00. The number of nitrogens with one attached hydrogen (secondary N) is 1. The van der Waals surface area contributed by atoms with Crippen LogP contribution < -0.4 is 5.32 Å². The predicted octanol–water partition coefficient (Wildman–Crippen LogP) is 2.06. The largest absolute Gasteiger partial charge is 0.389 e. The van der Waals surface area contributed by atoms with Crippen LogP contribution in [0.1, 0.15) is 52.9 Å². The van der Waals surface area contributed by atoms with E-state index < -0.39 is 5.60 Å². The summed E-state index contributed by atoms with van der Waals surface area (Å²) in [6.07, 6.45) is 5.07. The highest BCUT2D eigenvalue weighted by atomic mass is 16.7. The van der Waals surface area contributed by atoms with Gasteiger partial charge in [-0.1, -0.05) is 20.3 Å². The van der Waals surface area contributed by atoms with E-state index in [9.17, 15) is 5.11 Å². The van der Waals surface area contributed by atoms with Crippen LogP contribution in [0.2, 0.25) is 0 Å². The van der Waals surface area contributed by atoms with Crippen molar-refractivity contribution >= 4 is 0 Å². The van der Waals surface area contributed by atoms with Crippen LogP contribution >= 0.6 is 0 Å². The molecule has 1 aliphatic carbocycles. The van der Waals surface area contributed by atoms with E-state index in [1.807, 2.05) is 6.92 Å². The fourth-order valence-electron chi connectivity index (χ4n) is 3.01. The van der Waals surface area contributed by atoms with Crippen molar-refractivity contribution in [3.8, 4) is 0 Å². The molecule has 0 bridgehead atoms. The molecular weight excluding hydrogens is 242 g/mol. The van der Waals surface area contributed by atoms with Gasteiger partial charge in [-0.05, 0) is 25.7 Å². The zero-order valence-electron chi connectivity index (χ0n) is 12.6. The van der Waals surface area contributed by atoms with E-state index >= 15 is 0 Å². The number of ether oxygens (including phenoxy) is 2. The van der Waals surface area contributed by atoms with E-state index in [-0.39, 0.29) is 5.79 Å². The fourth-order valence-corrected chi connectivity index (χ4v) is 3.01. The summed E-state index contributed by atoms with van der Waals surface area (Å²) in [5.41, 5.74) is -0.621. The molecule has 2 atom stereocenters. The molecule has 0 aromatic carbocycles. The molecule has 0 aromatic heterocycles. The third-order valence-corrected chi connectivity index (χ3v) is 4.98. The van der Waals surface area contributed by atoms with Crippen LogP contribution in [-0.4, -0.2) is 42.3 Å². The molecule has 1 aliphatic heterocycles. The zero-order chi connectivity index (χ0) is 13.9. The first-order valence-electron chi connectivity index (χ1n) is 7.71. The van der Waals surface area contributed by atoms with Crippen LogP contribution in [-0.2, 0) is 9.47 Å². The molecular formula is C15H29NO3. The quantitative estimate of drug-likeness (QED) is 0.803. The van der Waals surface area contributed by atoms with Crippen LogP contribution in [0.25, 0.3) is 0 Å². The Kier molecular flexibility index (Phi) is 4.88. The minimum absolute atomic E-state index is 0.280. The Hall–Kier alpha value is -0.160. The van der Waals surface area contributed by atoms with Crippen molar-refractivity contribution in [2.24, 2.45) is 5.92 Å². The van der Waals surface area contributed by atoms with Gasteiger partial charge in [-0.3, -0.25) is 0 Å². The summed E-state index contributed by atoms with van der Waals surface area (Å²) in [6, 6.07) is 0.481. The minimum Gasteiger partial charge on any atom is -0.389 e. The van der Waals surface area contributed by atoms with Crippen LogP contribution in [0.15, 0.2) is 0 Å². The van der Waals surface area contributed by atoms with Crippen molar-refractivity contribution in [1.82, 2.24) is 5.32 Å². The van der Waals surface area contributed by atoms with Crippen molar-refractivity contribution < 1.29 is 14.6 Å². The summed E-state index contributed by atoms with van der Waals surface area (Å²) in [6.45, 7) is 8.31. The van der Waals surface area contributed by atoms with Crippen LogP contribution in [0.5, 0.6) is 0 Å². The first-order chi connectivity index (χ1) is 8.97. The molecule has 2 rings (SSSR count). The molecule has 1 heterocycles. The van der Waals surface area contributed by atoms with E-state index in [0.717, 1.165) is 45.3 Å². The summed E-state index contributed by atoms with van der Waals surface area (Å²) in [5.74, 6) is 0.0358. The second-order valence-electron chi connectivity index (χ2n) is 6.43. The lowest BCUT2D eigenvalue weighted by molar-refractivity contribution is -0.179. The summed E-state index contributed by atoms with van der Waals surface area (Å²) in [4.78, 5) is 0. The van der Waals surface area contributed by atoms with Crippen molar-refractivity contribution in [1.29, 1.82) is 0 Å². The molecule has 1 saturated heterocycles. The van der Waals surface area contributed by atoms with Gasteiger partial charge in [0.1, 0.15) is 0 Å². The lowest BCUT2D eigenvalue weighted by atomic mass is 9.86. The molecule has 4 nitrogen and oxygen atoms in total. The van der Waals surface area contributed by atoms with Gasteiger partial charge in [-0.15, -0.1) is 0 Å². The van der Waals surface area contributed by atoms with Gasteiger partial charge in [0.2, 0.25) is 0 Å². The summed E-state index contributed by atoms with van der Waals surface area (Å²) in [5, 5.41) is 13.9. The zero-order valence-corrected chi connectivity index (χ0v) is 12.6. The second-order valence-corrected chi connectivity index (χ2v) is 6.43. The minimum atomic E-state index is -0.621. The van der Waals surface area contributed by atoms with Gasteiger partial charge in [-0.2, -0.15) is 0 Å². The highest BCUT2D eigenvalue weighted by Crippen LogP contribution is 2.35. The summed E-state index contributed by atoms with van der Waals surface area (Å²) < 4.78 is 11.5. The van der Waals surface area contributed by atoms with E-state index in [4.69, 9.17) is 9.47 Å². The monoisotopic (exact) mass is 271 g/mol. The first kappa shape index (κ1) is 15.2. The molecule has 2 aliphatic rings. The van der Waals surface area contributed by atoms with Gasteiger partial charge >= 0.3 is 0 Å². The lowest BCUT2D eigenvalue weighted by Crippen LogP contribution is -2.49. The van der Waals surface area contributed by atoms with Crippen LogP contribution in [0.4, 0.5) is 0 Å². The highest BCUT2D eigenvalue weighted by molar-refractivity contribution is 4.88. The summed E-state index contributed by atoms with van der Waals surface area (Å²) >= 11 is 0. The normalized spacial score (nSPS) is 28.4. The van der Waals surface area contributed by atoms with Gasteiger partial charge < -0.3 is 19.9 Å². The Bertz CT molecular complexity index is 277. The average Bonchev–Trinajstić information content (AvgIpc) is 2.85. The van der Waals surface area contributed by atoms with Gasteiger partial charge in [0.05, 0.1) is 18.8 Å². The molecule has 0 unspecified atom stereocenters. The highest BCUT2D eigenvalue weighted by Gasteiger charge is 2.40. The number of aliphatic hydroxyl groups is 1. The number of rotatable bonds is 5. The Morgan fingerprint density at radius 2 is 1.89 bits per heavy atom. The number of hydrogen-bond acceptors (Lipinski definition) is 4. The second kappa shape index (κ2) is 6.08. The Morgan fingerprint density at radius 3 is 2.42 bits per heavy atom. The topological polar surface area (TPSA) is 50.7 Å². The molecule has 1 saturated carbocycles. The van der Waals surface area contributed by atoms with E-state index in [0.29, 0.717) is 18.5 Å². The van der Waals surface area contributed by atoms with Gasteiger partial charge in [0.25, 0.3) is 0 Å². The smallest absolute Gasteiger partial charge is 0.168 e. The molecule has 2 fully saturated rings. The predicted molar refractivity (Wildman–Crippen MR) is 75.0 cm³/mol. The SMILES string of the molecule is CC[C@H](C)[C@@](C)(O)CNC1CCC2(CC1)OCCO2. The third kappa shape index (κ3) is 3.69. The molecule has 0 aromatic rings. The molecule has 112 valence electrons. The van der Waals surface area contributed by atoms with Gasteiger partial charge in [0.15, 0.2) is 5.79 Å². The molecule has 1 spiro atoms. The maximum absolute atomic E-state index is 10.4. The molecule has 0 amide bonds. The first-order valence-corrected chi connectivity index (χ1v) is 7.71. The maximum Gasteiger partial charge on any atom is 0.168 e. The molecule has 0 radical (unpaired) electrons. The standard InChI is InChI=1S/C15H29NO3/c1-4-12(2)14(3,17)11-16-13-5-7-15(8-6-13)18-9-10-19-15/h12-13,16-17H,4-11H2,1-3H3/t12-,14-/m0/s1. The molecule has 19 heavy (non-hydrogen) atoms. The molecule has 2 N–H and O–H groups in total. The summed E-state index contributed by atoms with van der Waals surface area (Å²) in [7, 11) is 0. The Labute approximate surface area is 116 Å². The van der Waals surface area contributed by atoms with Crippen LogP contribution in [0.3, 0.4) is 0 Å². The van der Waals surface area contributed by atoms with Crippen molar-refractivity contribution in [3.05, 3.63) is 0 Å².